The second-order valence-corrected chi connectivity index (χ2v) is 9.40. The molecule has 0 radical (unpaired) electrons. The zero-order valence-corrected chi connectivity index (χ0v) is 20.9. The van der Waals surface area contributed by atoms with Gasteiger partial charge in [-0.05, 0) is 59.7 Å². The van der Waals surface area contributed by atoms with Gasteiger partial charge < -0.3 is 20.9 Å². The van der Waals surface area contributed by atoms with Crippen LogP contribution in [0.1, 0.15) is 41.6 Å². The van der Waals surface area contributed by atoms with Gasteiger partial charge in [0.2, 0.25) is 0 Å². The summed E-state index contributed by atoms with van der Waals surface area (Å²) in [6.07, 6.45) is 0.267. The molecule has 8 heteroatoms. The number of rotatable bonds is 9. The molecule has 6 nitrogen and oxygen atoms in total. The first-order valence-corrected chi connectivity index (χ1v) is 12.6. The summed E-state index contributed by atoms with van der Waals surface area (Å²) in [5.74, 6) is -1.35. The Kier molecular flexibility index (Phi) is 8.87. The van der Waals surface area contributed by atoms with Crippen molar-refractivity contribution in [3.63, 3.8) is 0 Å². The van der Waals surface area contributed by atoms with E-state index >= 15 is 0 Å². The average molecular weight is 510 g/mol. The lowest BCUT2D eigenvalue weighted by atomic mass is 9.93. The number of hydrogen-bond donors (Lipinski definition) is 3. The van der Waals surface area contributed by atoms with E-state index in [0.29, 0.717) is 18.5 Å². The van der Waals surface area contributed by atoms with Crippen LogP contribution in [0.5, 0.6) is 0 Å². The Morgan fingerprint density at radius 2 is 1.81 bits per heavy atom. The van der Waals surface area contributed by atoms with Crippen LogP contribution in [-0.4, -0.2) is 36.4 Å². The number of fused-ring (bicyclic) bond motifs is 1. The highest BCUT2D eigenvalue weighted by atomic mass is 19.1. The molecule has 196 valence electrons. The maximum atomic E-state index is 13.5. The van der Waals surface area contributed by atoms with E-state index in [9.17, 15) is 18.7 Å². The summed E-state index contributed by atoms with van der Waals surface area (Å²) in [6, 6.07) is 18.0. The van der Waals surface area contributed by atoms with E-state index in [1.54, 1.807) is 4.90 Å². The van der Waals surface area contributed by atoms with Gasteiger partial charge in [-0.2, -0.15) is 0 Å². The minimum Gasteiger partial charge on any atom is -0.444 e. The summed E-state index contributed by atoms with van der Waals surface area (Å²) in [6.45, 7) is 2.91. The molecule has 0 bridgehead atoms. The maximum Gasteiger partial charge on any atom is 0.414 e. The smallest absolute Gasteiger partial charge is 0.414 e. The summed E-state index contributed by atoms with van der Waals surface area (Å²) < 4.78 is 32.6. The van der Waals surface area contributed by atoms with E-state index in [2.05, 4.69) is 18.3 Å². The molecular formula is C29H33F2N3O3. The van der Waals surface area contributed by atoms with E-state index in [-0.39, 0.29) is 25.6 Å². The predicted molar refractivity (Wildman–Crippen MR) is 139 cm³/mol. The molecule has 0 aliphatic carbocycles. The Balaban J connectivity index is 1.41. The van der Waals surface area contributed by atoms with Gasteiger partial charge in [-0.1, -0.05) is 49.4 Å². The topological polar surface area (TPSA) is 87.8 Å². The molecule has 4 N–H and O–H groups in total. The van der Waals surface area contributed by atoms with Crippen LogP contribution < -0.4 is 16.0 Å². The molecule has 0 aromatic heterocycles. The van der Waals surface area contributed by atoms with Crippen molar-refractivity contribution in [3.8, 4) is 0 Å². The lowest BCUT2D eigenvalue weighted by Gasteiger charge is -2.35. The van der Waals surface area contributed by atoms with Crippen LogP contribution >= 0.6 is 0 Å². The molecule has 1 amide bonds. The number of nitrogens with one attached hydrogen (secondary N) is 1. The molecule has 0 saturated carbocycles. The van der Waals surface area contributed by atoms with Crippen LogP contribution in [0.3, 0.4) is 0 Å². The van der Waals surface area contributed by atoms with Crippen molar-refractivity contribution in [3.05, 3.63) is 101 Å². The SMILES string of the molecule is CCc1ccc2c(c1)C(NCC(O)[C@@H](N)Cc1cc(F)cc(F)c1)CCN2C(=O)OCc1ccccc1. The van der Waals surface area contributed by atoms with Crippen LogP contribution in [0.4, 0.5) is 19.3 Å². The number of benzene rings is 3. The number of halogens is 2. The second-order valence-electron chi connectivity index (χ2n) is 9.40. The van der Waals surface area contributed by atoms with Crippen LogP contribution in [-0.2, 0) is 24.2 Å². The van der Waals surface area contributed by atoms with E-state index in [1.165, 1.54) is 12.1 Å². The van der Waals surface area contributed by atoms with Gasteiger partial charge in [0, 0.05) is 31.2 Å². The zero-order chi connectivity index (χ0) is 26.4. The molecule has 2 unspecified atom stereocenters. The molecule has 0 saturated heterocycles. The largest absolute Gasteiger partial charge is 0.444 e. The van der Waals surface area contributed by atoms with Crippen LogP contribution in [0.15, 0.2) is 66.7 Å². The molecule has 1 aliphatic heterocycles. The van der Waals surface area contributed by atoms with Crippen LogP contribution in [0, 0.1) is 11.6 Å². The van der Waals surface area contributed by atoms with Crippen molar-refractivity contribution >= 4 is 11.8 Å². The summed E-state index contributed by atoms with van der Waals surface area (Å²) in [5, 5.41) is 14.0. The lowest BCUT2D eigenvalue weighted by Crippen LogP contribution is -2.46. The van der Waals surface area contributed by atoms with Crippen molar-refractivity contribution in [1.29, 1.82) is 0 Å². The summed E-state index contributed by atoms with van der Waals surface area (Å²) >= 11 is 0. The van der Waals surface area contributed by atoms with E-state index < -0.39 is 29.9 Å². The molecule has 3 aromatic carbocycles. The molecule has 37 heavy (non-hydrogen) atoms. The fourth-order valence-corrected chi connectivity index (χ4v) is 4.63. The van der Waals surface area contributed by atoms with Crippen LogP contribution in [0.25, 0.3) is 0 Å². The second kappa shape index (κ2) is 12.3. The number of anilines is 1. The summed E-state index contributed by atoms with van der Waals surface area (Å²) in [5.41, 5.74) is 10.3. The predicted octanol–water partition coefficient (Wildman–Crippen LogP) is 4.64. The van der Waals surface area contributed by atoms with E-state index in [4.69, 9.17) is 10.5 Å². The third kappa shape index (κ3) is 6.91. The number of aryl methyl sites for hydroxylation is 1. The molecule has 1 heterocycles. The molecule has 3 atom stereocenters. The van der Waals surface area contributed by atoms with E-state index in [0.717, 1.165) is 34.9 Å². The number of ether oxygens (including phenoxy) is 1. The molecule has 1 aliphatic rings. The van der Waals surface area contributed by atoms with Crippen molar-refractivity contribution in [2.75, 3.05) is 18.0 Å². The zero-order valence-electron chi connectivity index (χ0n) is 20.9. The van der Waals surface area contributed by atoms with Gasteiger partial charge in [0.15, 0.2) is 0 Å². The molecule has 0 spiro atoms. The minimum atomic E-state index is -0.932. The number of carbonyl (C=O) groups is 1. The van der Waals surface area contributed by atoms with Gasteiger partial charge >= 0.3 is 6.09 Å². The molecule has 0 fully saturated rings. The molecular weight excluding hydrogens is 476 g/mol. The third-order valence-electron chi connectivity index (χ3n) is 6.69. The lowest BCUT2D eigenvalue weighted by molar-refractivity contribution is 0.135. The molecule has 4 rings (SSSR count). The highest BCUT2D eigenvalue weighted by molar-refractivity contribution is 5.89. The van der Waals surface area contributed by atoms with E-state index in [1.807, 2.05) is 42.5 Å². The standard InChI is InChI=1S/C29H33F2N3O3/c1-2-19-8-9-27-24(14-19)26(10-11-34(27)29(36)37-18-20-6-4-3-5-7-20)33-17-28(35)25(32)15-21-12-22(30)16-23(31)13-21/h3-9,12-14,16,25-26,28,33,35H,2,10-11,15,17-18,32H2,1H3/t25-,26?,28?/m0/s1. The van der Waals surface area contributed by atoms with Gasteiger partial charge in [0.05, 0.1) is 11.8 Å². The van der Waals surface area contributed by atoms with Gasteiger partial charge in [0.25, 0.3) is 0 Å². The number of nitrogens with two attached hydrogens (primary N) is 1. The van der Waals surface area contributed by atoms with Gasteiger partial charge in [-0.15, -0.1) is 0 Å². The fourth-order valence-electron chi connectivity index (χ4n) is 4.63. The fraction of sp³-hybridized carbons (Fsp3) is 0.345. The quantitative estimate of drug-likeness (QED) is 0.391. The summed E-state index contributed by atoms with van der Waals surface area (Å²) in [7, 11) is 0. The number of hydrogen-bond acceptors (Lipinski definition) is 5. The number of carbonyl (C=O) groups excluding carboxylic acids is 1. The van der Waals surface area contributed by atoms with Crippen molar-refractivity contribution in [2.24, 2.45) is 5.73 Å². The Labute approximate surface area is 216 Å². The first-order chi connectivity index (χ1) is 17.8. The number of amides is 1. The Hall–Kier alpha value is -3.33. The maximum absolute atomic E-state index is 13.5. The number of aliphatic hydroxyl groups is 1. The monoisotopic (exact) mass is 509 g/mol. The number of nitrogens with zero attached hydrogens (tertiary/aromatic N) is 1. The Morgan fingerprint density at radius 1 is 1.08 bits per heavy atom. The van der Waals surface area contributed by atoms with Crippen molar-refractivity contribution < 1.29 is 23.4 Å². The minimum absolute atomic E-state index is 0.104. The van der Waals surface area contributed by atoms with Gasteiger partial charge in [0.1, 0.15) is 18.2 Å². The average Bonchev–Trinajstić information content (AvgIpc) is 2.89. The highest BCUT2D eigenvalue weighted by Gasteiger charge is 2.30. The number of aliphatic hydroxyl groups excluding tert-OH is 1. The van der Waals surface area contributed by atoms with Crippen molar-refractivity contribution in [1.82, 2.24) is 5.32 Å². The molecule has 3 aromatic rings. The Morgan fingerprint density at radius 3 is 2.51 bits per heavy atom. The van der Waals surface area contributed by atoms with Crippen molar-refractivity contribution in [2.45, 2.75) is 51.0 Å². The third-order valence-corrected chi connectivity index (χ3v) is 6.69. The van der Waals surface area contributed by atoms with Crippen LogP contribution in [0.2, 0.25) is 0 Å². The first kappa shape index (κ1) is 26.7. The normalized spacial score (nSPS) is 16.7. The first-order valence-electron chi connectivity index (χ1n) is 12.6. The Bertz CT molecular complexity index is 1190. The highest BCUT2D eigenvalue weighted by Crippen LogP contribution is 2.35. The summed E-state index contributed by atoms with van der Waals surface area (Å²) in [4.78, 5) is 14.6. The van der Waals surface area contributed by atoms with Gasteiger partial charge in [-0.25, -0.2) is 13.6 Å². The van der Waals surface area contributed by atoms with Gasteiger partial charge in [-0.3, -0.25) is 4.90 Å².